The lowest BCUT2D eigenvalue weighted by molar-refractivity contribution is -0.0246. The topological polar surface area (TPSA) is 76.6 Å². The molecule has 1 amide bonds. The predicted octanol–water partition coefficient (Wildman–Crippen LogP) is 2.00. The summed E-state index contributed by atoms with van der Waals surface area (Å²) < 4.78 is 10.9. The number of nitrogens with zero attached hydrogens (tertiary/aromatic N) is 3. The third-order valence-corrected chi connectivity index (χ3v) is 4.45. The van der Waals surface area contributed by atoms with Crippen molar-refractivity contribution in [2.75, 3.05) is 39.2 Å². The number of anilines is 1. The summed E-state index contributed by atoms with van der Waals surface area (Å²) in [5, 5.41) is 3.04. The van der Waals surface area contributed by atoms with Crippen molar-refractivity contribution in [2.45, 2.75) is 18.9 Å². The standard InChI is InChI=1S/C19H24N4O3/c1-20-17-11-14(7-8-21-17)3-5-16-13-23(9-10-26-16)19(24)15-4-6-18(25-2)22-12-15/h4,6-8,11-12,16H,3,5,9-10,13H2,1-2H3,(H,20,21)/t16-/m0/s1. The second kappa shape index (κ2) is 8.62. The number of aromatic nitrogens is 2. The van der Waals surface area contributed by atoms with Crippen LogP contribution in [0, 0.1) is 0 Å². The molecule has 2 aromatic heterocycles. The van der Waals surface area contributed by atoms with Crippen LogP contribution in [0.15, 0.2) is 36.7 Å². The maximum atomic E-state index is 12.7. The normalized spacial score (nSPS) is 17.0. The number of carbonyl (C=O) groups excluding carboxylic acids is 1. The molecule has 1 N–H and O–H groups in total. The number of nitrogens with one attached hydrogen (secondary N) is 1. The molecule has 7 heteroatoms. The van der Waals surface area contributed by atoms with Gasteiger partial charge in [0.1, 0.15) is 5.82 Å². The van der Waals surface area contributed by atoms with Crippen LogP contribution in [0.2, 0.25) is 0 Å². The molecule has 3 heterocycles. The molecule has 0 saturated carbocycles. The lowest BCUT2D eigenvalue weighted by Gasteiger charge is -2.33. The number of amides is 1. The molecule has 1 aliphatic heterocycles. The van der Waals surface area contributed by atoms with Gasteiger partial charge in [0, 0.05) is 38.6 Å². The molecule has 1 aliphatic rings. The Morgan fingerprint density at radius 2 is 2.27 bits per heavy atom. The molecule has 0 spiro atoms. The van der Waals surface area contributed by atoms with E-state index in [0.29, 0.717) is 31.1 Å². The third kappa shape index (κ3) is 4.49. The summed E-state index contributed by atoms with van der Waals surface area (Å²) in [5.74, 6) is 1.34. The van der Waals surface area contributed by atoms with Gasteiger partial charge in [-0.2, -0.15) is 0 Å². The Bertz CT molecular complexity index is 736. The fourth-order valence-electron chi connectivity index (χ4n) is 2.98. The Labute approximate surface area is 153 Å². The number of rotatable bonds is 6. The van der Waals surface area contributed by atoms with E-state index in [4.69, 9.17) is 9.47 Å². The third-order valence-electron chi connectivity index (χ3n) is 4.45. The Morgan fingerprint density at radius 1 is 1.38 bits per heavy atom. The molecule has 1 saturated heterocycles. The van der Waals surface area contributed by atoms with Crippen LogP contribution in [0.1, 0.15) is 22.3 Å². The van der Waals surface area contributed by atoms with Crippen molar-refractivity contribution in [3.63, 3.8) is 0 Å². The minimum absolute atomic E-state index is 0.0187. The number of methoxy groups -OCH3 is 1. The quantitative estimate of drug-likeness (QED) is 0.853. The molecule has 26 heavy (non-hydrogen) atoms. The van der Waals surface area contributed by atoms with Crippen LogP contribution in [0.4, 0.5) is 5.82 Å². The maximum Gasteiger partial charge on any atom is 0.255 e. The molecule has 0 aromatic carbocycles. The Morgan fingerprint density at radius 3 is 3.00 bits per heavy atom. The fourth-order valence-corrected chi connectivity index (χ4v) is 2.98. The van der Waals surface area contributed by atoms with E-state index in [2.05, 4.69) is 15.3 Å². The molecule has 3 rings (SSSR count). The fraction of sp³-hybridized carbons (Fsp3) is 0.421. The molecule has 0 bridgehead atoms. The number of carbonyl (C=O) groups is 1. The molecule has 0 radical (unpaired) electrons. The van der Waals surface area contributed by atoms with Crippen LogP contribution >= 0.6 is 0 Å². The minimum Gasteiger partial charge on any atom is -0.481 e. The monoisotopic (exact) mass is 356 g/mol. The average Bonchev–Trinajstić information content (AvgIpc) is 2.72. The van der Waals surface area contributed by atoms with E-state index in [9.17, 15) is 4.79 Å². The number of pyridine rings is 2. The van der Waals surface area contributed by atoms with Gasteiger partial charge in [0.15, 0.2) is 0 Å². The highest BCUT2D eigenvalue weighted by atomic mass is 16.5. The SMILES string of the molecule is CNc1cc(CC[C@H]2CN(C(=O)c3ccc(OC)nc3)CCO2)ccn1. The summed E-state index contributed by atoms with van der Waals surface area (Å²) in [7, 11) is 3.41. The Kier molecular flexibility index (Phi) is 6.01. The summed E-state index contributed by atoms with van der Waals surface area (Å²) in [6.45, 7) is 1.74. The highest BCUT2D eigenvalue weighted by Crippen LogP contribution is 2.16. The second-order valence-electron chi connectivity index (χ2n) is 6.17. The second-order valence-corrected chi connectivity index (χ2v) is 6.17. The van der Waals surface area contributed by atoms with Crippen molar-refractivity contribution >= 4 is 11.7 Å². The van der Waals surface area contributed by atoms with Gasteiger partial charge in [0.2, 0.25) is 5.88 Å². The Hall–Kier alpha value is -2.67. The molecule has 0 unspecified atom stereocenters. The van der Waals surface area contributed by atoms with Crippen molar-refractivity contribution < 1.29 is 14.3 Å². The van der Waals surface area contributed by atoms with E-state index in [1.807, 2.05) is 24.1 Å². The summed E-state index contributed by atoms with van der Waals surface area (Å²) in [6, 6.07) is 7.49. The average molecular weight is 356 g/mol. The smallest absolute Gasteiger partial charge is 0.255 e. The van der Waals surface area contributed by atoms with Crippen molar-refractivity contribution in [1.82, 2.24) is 14.9 Å². The van der Waals surface area contributed by atoms with E-state index in [0.717, 1.165) is 18.7 Å². The lowest BCUT2D eigenvalue weighted by atomic mass is 10.1. The molecule has 1 atom stereocenters. The molecule has 2 aromatic rings. The van der Waals surface area contributed by atoms with E-state index in [1.165, 1.54) is 5.56 Å². The highest BCUT2D eigenvalue weighted by Gasteiger charge is 2.25. The van der Waals surface area contributed by atoms with E-state index >= 15 is 0 Å². The first-order valence-corrected chi connectivity index (χ1v) is 8.73. The van der Waals surface area contributed by atoms with Crippen molar-refractivity contribution in [3.8, 4) is 5.88 Å². The molecule has 1 fully saturated rings. The highest BCUT2D eigenvalue weighted by molar-refractivity contribution is 5.94. The first kappa shape index (κ1) is 18.1. The van der Waals surface area contributed by atoms with E-state index in [1.54, 1.807) is 31.6 Å². The first-order chi connectivity index (χ1) is 12.7. The van der Waals surface area contributed by atoms with Crippen LogP contribution in [0.3, 0.4) is 0 Å². The Balaban J connectivity index is 1.56. The summed E-state index contributed by atoms with van der Waals surface area (Å²) in [4.78, 5) is 22.8. The van der Waals surface area contributed by atoms with Gasteiger partial charge in [-0.1, -0.05) is 0 Å². The maximum absolute atomic E-state index is 12.7. The number of hydrogen-bond donors (Lipinski definition) is 1. The first-order valence-electron chi connectivity index (χ1n) is 8.73. The zero-order chi connectivity index (χ0) is 18.4. The lowest BCUT2D eigenvalue weighted by Crippen LogP contribution is -2.45. The molecule has 7 nitrogen and oxygen atoms in total. The van der Waals surface area contributed by atoms with Gasteiger partial charge in [-0.3, -0.25) is 4.79 Å². The van der Waals surface area contributed by atoms with Crippen LogP contribution in [0.25, 0.3) is 0 Å². The van der Waals surface area contributed by atoms with Crippen LogP contribution in [0.5, 0.6) is 5.88 Å². The van der Waals surface area contributed by atoms with Gasteiger partial charge < -0.3 is 19.7 Å². The zero-order valence-corrected chi connectivity index (χ0v) is 15.1. The van der Waals surface area contributed by atoms with Crippen molar-refractivity contribution in [1.29, 1.82) is 0 Å². The van der Waals surface area contributed by atoms with Crippen LogP contribution < -0.4 is 10.1 Å². The van der Waals surface area contributed by atoms with Crippen LogP contribution in [-0.4, -0.2) is 60.7 Å². The van der Waals surface area contributed by atoms with Crippen molar-refractivity contribution in [2.24, 2.45) is 0 Å². The van der Waals surface area contributed by atoms with E-state index in [-0.39, 0.29) is 12.0 Å². The minimum atomic E-state index is -0.0187. The molecular formula is C19H24N4O3. The van der Waals surface area contributed by atoms with Gasteiger partial charge >= 0.3 is 0 Å². The van der Waals surface area contributed by atoms with Crippen LogP contribution in [-0.2, 0) is 11.2 Å². The van der Waals surface area contributed by atoms with Gasteiger partial charge in [-0.15, -0.1) is 0 Å². The molecule has 0 aliphatic carbocycles. The van der Waals surface area contributed by atoms with Crippen molar-refractivity contribution in [3.05, 3.63) is 47.8 Å². The largest absolute Gasteiger partial charge is 0.481 e. The number of ether oxygens (including phenoxy) is 2. The van der Waals surface area contributed by atoms with E-state index < -0.39 is 0 Å². The summed E-state index contributed by atoms with van der Waals surface area (Å²) in [5.41, 5.74) is 1.77. The summed E-state index contributed by atoms with van der Waals surface area (Å²) >= 11 is 0. The number of hydrogen-bond acceptors (Lipinski definition) is 6. The molecular weight excluding hydrogens is 332 g/mol. The van der Waals surface area contributed by atoms with Gasteiger partial charge in [0.25, 0.3) is 5.91 Å². The number of aryl methyl sites for hydroxylation is 1. The van der Waals surface area contributed by atoms with Gasteiger partial charge in [-0.05, 0) is 36.6 Å². The summed E-state index contributed by atoms with van der Waals surface area (Å²) in [6.07, 6.45) is 5.13. The zero-order valence-electron chi connectivity index (χ0n) is 15.1. The van der Waals surface area contributed by atoms with Gasteiger partial charge in [-0.25, -0.2) is 9.97 Å². The molecule has 138 valence electrons. The van der Waals surface area contributed by atoms with Gasteiger partial charge in [0.05, 0.1) is 25.4 Å². The number of morpholine rings is 1. The predicted molar refractivity (Wildman–Crippen MR) is 98.5 cm³/mol.